The molecule has 1 unspecified atom stereocenters. The van der Waals surface area contributed by atoms with Gasteiger partial charge in [-0.2, -0.15) is 4.98 Å². The minimum absolute atomic E-state index is 0.0567. The molecule has 5 heterocycles. The fourth-order valence-electron chi connectivity index (χ4n) is 8.09. The van der Waals surface area contributed by atoms with E-state index in [2.05, 4.69) is 58.0 Å². The molecule has 4 aliphatic heterocycles. The van der Waals surface area contributed by atoms with Crippen LogP contribution in [-0.4, -0.2) is 115 Å². The molecule has 4 fully saturated rings. The molecular weight excluding hydrogens is 707 g/mol. The molecule has 4 aliphatic rings. The first-order valence-corrected chi connectivity index (χ1v) is 19.1. The topological polar surface area (TPSA) is 185 Å². The Labute approximate surface area is 319 Å². The summed E-state index contributed by atoms with van der Waals surface area (Å²) in [5.74, 6) is -0.593. The summed E-state index contributed by atoms with van der Waals surface area (Å²) in [5, 5.41) is 16.5. The van der Waals surface area contributed by atoms with Crippen molar-refractivity contribution in [1.82, 2.24) is 30.7 Å². The van der Waals surface area contributed by atoms with Gasteiger partial charge < -0.3 is 31.1 Å². The number of benzene rings is 2. The Hall–Kier alpha value is -5.58. The van der Waals surface area contributed by atoms with Crippen molar-refractivity contribution >= 4 is 58.3 Å². The second kappa shape index (κ2) is 16.4. The third kappa shape index (κ3) is 8.88. The maximum absolute atomic E-state index is 15.6. The van der Waals surface area contributed by atoms with Gasteiger partial charge in [-0.25, -0.2) is 9.18 Å². The average molecular weight is 757 g/mol. The van der Waals surface area contributed by atoms with Gasteiger partial charge in [-0.15, -0.1) is 10.2 Å². The Morgan fingerprint density at radius 2 is 1.67 bits per heavy atom. The van der Waals surface area contributed by atoms with Gasteiger partial charge in [-0.05, 0) is 80.5 Å². The average Bonchev–Trinajstić information content (AvgIpc) is 3.16. The van der Waals surface area contributed by atoms with E-state index >= 15 is 4.39 Å². The number of urea groups is 1. The van der Waals surface area contributed by atoms with E-state index in [-0.39, 0.29) is 47.2 Å². The van der Waals surface area contributed by atoms with Crippen LogP contribution in [0.1, 0.15) is 55.1 Å². The molecule has 0 aliphatic carbocycles. The minimum atomic E-state index is -0.809. The van der Waals surface area contributed by atoms with Crippen molar-refractivity contribution in [1.29, 1.82) is 0 Å². The van der Waals surface area contributed by atoms with Crippen molar-refractivity contribution in [3.63, 3.8) is 0 Å². The van der Waals surface area contributed by atoms with Gasteiger partial charge in [0.05, 0.1) is 5.69 Å². The van der Waals surface area contributed by atoms with Gasteiger partial charge in [0.15, 0.2) is 11.5 Å². The normalized spacial score (nSPS) is 20.0. The first-order chi connectivity index (χ1) is 26.5. The number of hydrogen-bond acceptors (Lipinski definition) is 12. The highest BCUT2D eigenvalue weighted by atomic mass is 19.1. The van der Waals surface area contributed by atoms with Crippen molar-refractivity contribution in [2.24, 2.45) is 11.7 Å². The lowest BCUT2D eigenvalue weighted by molar-refractivity contribution is -0.120. The van der Waals surface area contributed by atoms with Crippen LogP contribution < -0.4 is 41.3 Å². The molecule has 7 rings (SSSR count). The van der Waals surface area contributed by atoms with E-state index in [1.165, 1.54) is 13.0 Å². The number of imide groups is 1. The summed E-state index contributed by atoms with van der Waals surface area (Å²) < 4.78 is 15.6. The third-order valence-corrected chi connectivity index (χ3v) is 11.0. The largest absolute Gasteiger partial charge is 0.372 e. The Morgan fingerprint density at radius 3 is 2.36 bits per heavy atom. The fourth-order valence-corrected chi connectivity index (χ4v) is 8.09. The van der Waals surface area contributed by atoms with Crippen molar-refractivity contribution in [3.05, 3.63) is 53.5 Å². The van der Waals surface area contributed by atoms with Crippen LogP contribution in [0.4, 0.5) is 43.7 Å². The number of amides is 5. The highest BCUT2D eigenvalue weighted by Crippen LogP contribution is 2.31. The van der Waals surface area contributed by atoms with Crippen LogP contribution in [0.5, 0.6) is 0 Å². The Bertz CT molecular complexity index is 1930. The second-order valence-electron chi connectivity index (χ2n) is 14.9. The number of carbonyl (C=O) groups excluding carboxylic acids is 4. The zero-order chi connectivity index (χ0) is 38.6. The molecule has 0 radical (unpaired) electrons. The number of halogens is 1. The SMILES string of the molecule is CC(=O)NC1CCCN(c2nnc(C(N)=O)c(Nc3ccc(N4CCN(CC5CCN(c6ccc(N7CCC(=O)NC7=O)c(C)c6)CC5)CC4)c(F)c3)n2)C1. The van der Waals surface area contributed by atoms with E-state index < -0.39 is 5.91 Å². The molecule has 2 aromatic carbocycles. The van der Waals surface area contributed by atoms with Crippen molar-refractivity contribution in [3.8, 4) is 0 Å². The molecule has 16 nitrogen and oxygen atoms in total. The maximum atomic E-state index is 15.6. The molecule has 1 aromatic heterocycles. The summed E-state index contributed by atoms with van der Waals surface area (Å²) >= 11 is 0. The van der Waals surface area contributed by atoms with E-state index in [0.717, 1.165) is 75.3 Å². The first-order valence-electron chi connectivity index (χ1n) is 19.1. The van der Waals surface area contributed by atoms with Crippen molar-refractivity contribution in [2.75, 3.05) is 90.4 Å². The number of rotatable bonds is 10. The van der Waals surface area contributed by atoms with Crippen LogP contribution >= 0.6 is 0 Å². The summed E-state index contributed by atoms with van der Waals surface area (Å²) in [6.45, 7) is 11.0. The van der Waals surface area contributed by atoms with Gasteiger partial charge in [0, 0.05) is 102 Å². The van der Waals surface area contributed by atoms with Crippen LogP contribution in [0, 0.1) is 18.7 Å². The van der Waals surface area contributed by atoms with E-state index in [1.807, 2.05) is 17.9 Å². The number of piperidine rings is 2. The molecule has 5 N–H and O–H groups in total. The predicted molar refractivity (Wildman–Crippen MR) is 207 cm³/mol. The molecule has 17 heteroatoms. The van der Waals surface area contributed by atoms with Crippen LogP contribution in [0.15, 0.2) is 36.4 Å². The molecule has 0 saturated carbocycles. The summed E-state index contributed by atoms with van der Waals surface area (Å²) in [6.07, 6.45) is 4.12. The van der Waals surface area contributed by atoms with E-state index in [9.17, 15) is 19.2 Å². The molecule has 0 bridgehead atoms. The molecule has 4 saturated heterocycles. The Morgan fingerprint density at radius 1 is 0.909 bits per heavy atom. The molecule has 5 amide bonds. The highest BCUT2D eigenvalue weighted by molar-refractivity contribution is 6.06. The van der Waals surface area contributed by atoms with Gasteiger partial charge in [0.25, 0.3) is 5.91 Å². The molecule has 0 spiro atoms. The number of aryl methyl sites for hydroxylation is 1. The number of primary amides is 1. The lowest BCUT2D eigenvalue weighted by Crippen LogP contribution is -2.49. The van der Waals surface area contributed by atoms with Gasteiger partial charge in [-0.3, -0.25) is 29.5 Å². The third-order valence-electron chi connectivity index (χ3n) is 11.0. The fraction of sp³-hybridized carbons (Fsp3) is 0.500. The zero-order valence-corrected chi connectivity index (χ0v) is 31.4. The number of hydrogen-bond donors (Lipinski definition) is 4. The van der Waals surface area contributed by atoms with Crippen LogP contribution in [-0.2, 0) is 9.59 Å². The number of piperazine rings is 1. The number of carbonyl (C=O) groups is 4. The number of aromatic nitrogens is 3. The summed E-state index contributed by atoms with van der Waals surface area (Å²) in [5.41, 5.74) is 9.32. The molecule has 55 heavy (non-hydrogen) atoms. The predicted octanol–water partition coefficient (Wildman–Crippen LogP) is 2.75. The number of nitrogens with two attached hydrogens (primary N) is 1. The monoisotopic (exact) mass is 756 g/mol. The molecule has 292 valence electrons. The van der Waals surface area contributed by atoms with Crippen LogP contribution in [0.3, 0.4) is 0 Å². The standard InChI is InChI=1S/C38H49FN12O4/c1-24-20-29(6-8-31(24)51-15-11-33(53)43-38(51)55)48-13-9-26(10-14-48)22-47-16-18-49(19-17-47)32-7-5-27(21-30(32)39)42-36-34(35(40)54)45-46-37(44-36)50-12-3-4-28(23-50)41-25(2)52/h5-8,20-21,26,28H,3-4,9-19,22-23H2,1-2H3,(H2,40,54)(H,41,52)(H,42,44,46)(H,43,53,55). The van der Waals surface area contributed by atoms with Gasteiger partial charge in [0.2, 0.25) is 17.8 Å². The van der Waals surface area contributed by atoms with E-state index in [4.69, 9.17) is 5.73 Å². The second-order valence-corrected chi connectivity index (χ2v) is 14.9. The maximum Gasteiger partial charge on any atom is 0.328 e. The lowest BCUT2D eigenvalue weighted by Gasteiger charge is -2.40. The van der Waals surface area contributed by atoms with Gasteiger partial charge in [-0.1, -0.05) is 0 Å². The van der Waals surface area contributed by atoms with E-state index in [1.54, 1.807) is 17.0 Å². The van der Waals surface area contributed by atoms with Gasteiger partial charge >= 0.3 is 6.03 Å². The van der Waals surface area contributed by atoms with Crippen LogP contribution in [0.25, 0.3) is 0 Å². The van der Waals surface area contributed by atoms with Gasteiger partial charge in [0.1, 0.15) is 5.82 Å². The number of nitrogens with one attached hydrogen (secondary N) is 3. The van der Waals surface area contributed by atoms with Crippen molar-refractivity contribution in [2.45, 2.75) is 52.0 Å². The Kier molecular flexibility index (Phi) is 11.3. The lowest BCUT2D eigenvalue weighted by atomic mass is 9.95. The summed E-state index contributed by atoms with van der Waals surface area (Å²) in [7, 11) is 0. The van der Waals surface area contributed by atoms with Crippen molar-refractivity contribution < 1.29 is 23.6 Å². The number of anilines is 6. The number of nitrogens with zero attached hydrogens (tertiary/aromatic N) is 8. The summed E-state index contributed by atoms with van der Waals surface area (Å²) in [6, 6.07) is 10.6. The summed E-state index contributed by atoms with van der Waals surface area (Å²) in [4.78, 5) is 62.7. The molecule has 1 atom stereocenters. The first kappa shape index (κ1) is 37.7. The van der Waals surface area contributed by atoms with Crippen LogP contribution in [0.2, 0.25) is 0 Å². The smallest absolute Gasteiger partial charge is 0.328 e. The zero-order valence-electron chi connectivity index (χ0n) is 31.4. The molecule has 3 aromatic rings. The minimum Gasteiger partial charge on any atom is -0.372 e. The molecular formula is C38H49FN12O4. The quantitative estimate of drug-likeness (QED) is 0.238. The highest BCUT2D eigenvalue weighted by Gasteiger charge is 2.29. The Balaban J connectivity index is 0.901. The van der Waals surface area contributed by atoms with E-state index in [0.29, 0.717) is 56.4 Å².